The SMILES string of the molecule is Cc1cc(C)c2nc(C)cc(C(=O)N3CCCCC3c3cc(C)on3)c2c1. The number of hydrogen-bond acceptors (Lipinski definition) is 4. The predicted octanol–water partition coefficient (Wildman–Crippen LogP) is 4.82. The highest BCUT2D eigenvalue weighted by Crippen LogP contribution is 2.33. The van der Waals surface area contributed by atoms with Crippen molar-refractivity contribution in [3.8, 4) is 0 Å². The Kier molecular flexibility index (Phi) is 4.46. The Morgan fingerprint density at radius 3 is 2.67 bits per heavy atom. The van der Waals surface area contributed by atoms with E-state index in [9.17, 15) is 4.79 Å². The van der Waals surface area contributed by atoms with E-state index in [0.717, 1.165) is 70.5 Å². The summed E-state index contributed by atoms with van der Waals surface area (Å²) >= 11 is 0. The van der Waals surface area contributed by atoms with Crippen LogP contribution in [0.5, 0.6) is 0 Å². The number of nitrogens with zero attached hydrogens (tertiary/aromatic N) is 3. The van der Waals surface area contributed by atoms with Crippen molar-refractivity contribution in [3.63, 3.8) is 0 Å². The summed E-state index contributed by atoms with van der Waals surface area (Å²) < 4.78 is 5.27. The monoisotopic (exact) mass is 363 g/mol. The number of likely N-dealkylation sites (tertiary alicyclic amines) is 1. The van der Waals surface area contributed by atoms with Crippen molar-refractivity contribution in [3.05, 3.63) is 58.1 Å². The van der Waals surface area contributed by atoms with Gasteiger partial charge < -0.3 is 9.42 Å². The molecule has 0 saturated carbocycles. The minimum atomic E-state index is -0.0295. The van der Waals surface area contributed by atoms with Gasteiger partial charge in [0.15, 0.2) is 0 Å². The average molecular weight is 363 g/mol. The van der Waals surface area contributed by atoms with Gasteiger partial charge >= 0.3 is 0 Å². The van der Waals surface area contributed by atoms with E-state index >= 15 is 0 Å². The molecule has 5 heteroatoms. The molecular weight excluding hydrogens is 338 g/mol. The van der Waals surface area contributed by atoms with Crippen LogP contribution in [-0.2, 0) is 0 Å². The average Bonchev–Trinajstić information content (AvgIpc) is 3.07. The van der Waals surface area contributed by atoms with E-state index in [1.807, 2.05) is 30.9 Å². The smallest absolute Gasteiger partial charge is 0.255 e. The molecular formula is C22H25N3O2. The predicted molar refractivity (Wildman–Crippen MR) is 105 cm³/mol. The maximum absolute atomic E-state index is 13.6. The molecule has 5 nitrogen and oxygen atoms in total. The summed E-state index contributed by atoms with van der Waals surface area (Å²) in [5.74, 6) is 0.834. The van der Waals surface area contributed by atoms with Crippen LogP contribution in [0, 0.1) is 27.7 Å². The van der Waals surface area contributed by atoms with Crippen LogP contribution < -0.4 is 0 Å². The number of rotatable bonds is 2. The Morgan fingerprint density at radius 2 is 1.93 bits per heavy atom. The van der Waals surface area contributed by atoms with E-state index in [0.29, 0.717) is 0 Å². The van der Waals surface area contributed by atoms with Gasteiger partial charge in [0, 0.05) is 23.7 Å². The van der Waals surface area contributed by atoms with Crippen molar-refractivity contribution >= 4 is 16.8 Å². The van der Waals surface area contributed by atoms with Crippen molar-refractivity contribution in [2.45, 2.75) is 53.0 Å². The van der Waals surface area contributed by atoms with Crippen molar-refractivity contribution in [2.24, 2.45) is 0 Å². The Hall–Kier alpha value is -2.69. The number of pyridine rings is 1. The first-order chi connectivity index (χ1) is 12.9. The van der Waals surface area contributed by atoms with Crippen molar-refractivity contribution < 1.29 is 9.32 Å². The number of carbonyl (C=O) groups is 1. The van der Waals surface area contributed by atoms with Crippen LogP contribution in [-0.4, -0.2) is 27.5 Å². The first-order valence-electron chi connectivity index (χ1n) is 9.57. The molecule has 1 amide bonds. The molecule has 1 unspecified atom stereocenters. The lowest BCUT2D eigenvalue weighted by atomic mass is 9.96. The number of fused-ring (bicyclic) bond motifs is 1. The molecule has 2 aromatic heterocycles. The van der Waals surface area contributed by atoms with Crippen molar-refractivity contribution in [1.82, 2.24) is 15.0 Å². The minimum Gasteiger partial charge on any atom is -0.361 e. The van der Waals surface area contributed by atoms with Crippen LogP contribution in [0.4, 0.5) is 0 Å². The second kappa shape index (κ2) is 6.80. The second-order valence-electron chi connectivity index (χ2n) is 7.66. The third kappa shape index (κ3) is 3.22. The van der Waals surface area contributed by atoms with Gasteiger partial charge in [-0.3, -0.25) is 9.78 Å². The lowest BCUT2D eigenvalue weighted by molar-refractivity contribution is 0.0604. The molecule has 1 aliphatic heterocycles. The fourth-order valence-corrected chi connectivity index (χ4v) is 4.17. The van der Waals surface area contributed by atoms with Gasteiger partial charge in [-0.2, -0.15) is 0 Å². The summed E-state index contributed by atoms with van der Waals surface area (Å²) in [7, 11) is 0. The third-order valence-corrected chi connectivity index (χ3v) is 5.36. The molecule has 3 heterocycles. The van der Waals surface area contributed by atoms with E-state index in [1.54, 1.807) is 0 Å². The molecule has 0 bridgehead atoms. The van der Waals surface area contributed by atoms with Crippen molar-refractivity contribution in [2.75, 3.05) is 6.54 Å². The molecule has 1 aromatic carbocycles. The normalized spacial score (nSPS) is 17.5. The van der Waals surface area contributed by atoms with E-state index in [-0.39, 0.29) is 11.9 Å². The standard InChI is InChI=1S/C22H25N3O2/c1-13-9-14(2)21-17(10-13)18(11-15(3)23-21)22(26)25-8-6-5-7-20(25)19-12-16(4)27-24-19/h9-12,20H,5-8H2,1-4H3. The quantitative estimate of drug-likeness (QED) is 0.655. The number of amides is 1. The molecule has 1 fully saturated rings. The molecule has 140 valence electrons. The third-order valence-electron chi connectivity index (χ3n) is 5.36. The number of aromatic nitrogens is 2. The Morgan fingerprint density at radius 1 is 1.11 bits per heavy atom. The molecule has 27 heavy (non-hydrogen) atoms. The van der Waals surface area contributed by atoms with Crippen LogP contribution in [0.15, 0.2) is 28.8 Å². The number of aryl methyl sites for hydroxylation is 4. The van der Waals surface area contributed by atoms with Crippen LogP contribution >= 0.6 is 0 Å². The molecule has 0 spiro atoms. The first kappa shape index (κ1) is 17.7. The van der Waals surface area contributed by atoms with Gasteiger partial charge in [0.05, 0.1) is 17.1 Å². The van der Waals surface area contributed by atoms with Gasteiger partial charge in [-0.05, 0) is 64.7 Å². The maximum Gasteiger partial charge on any atom is 0.255 e. The highest BCUT2D eigenvalue weighted by Gasteiger charge is 2.31. The molecule has 0 aliphatic carbocycles. The van der Waals surface area contributed by atoms with Gasteiger partial charge in [-0.25, -0.2) is 0 Å². The number of benzene rings is 1. The molecule has 1 aliphatic rings. The van der Waals surface area contributed by atoms with Crippen LogP contribution in [0.1, 0.15) is 63.9 Å². The Balaban J connectivity index is 1.81. The Bertz CT molecular complexity index is 1020. The topological polar surface area (TPSA) is 59.2 Å². The lowest BCUT2D eigenvalue weighted by Gasteiger charge is -2.35. The highest BCUT2D eigenvalue weighted by molar-refractivity contribution is 6.07. The summed E-state index contributed by atoms with van der Waals surface area (Å²) in [5, 5.41) is 5.13. The molecule has 0 radical (unpaired) electrons. The zero-order valence-electron chi connectivity index (χ0n) is 16.4. The summed E-state index contributed by atoms with van der Waals surface area (Å²) in [5.41, 5.74) is 5.60. The summed E-state index contributed by atoms with van der Waals surface area (Å²) in [6.45, 7) is 8.68. The summed E-state index contributed by atoms with van der Waals surface area (Å²) in [4.78, 5) is 20.3. The minimum absolute atomic E-state index is 0.0295. The first-order valence-corrected chi connectivity index (χ1v) is 9.57. The van der Waals surface area contributed by atoms with Gasteiger partial charge in [-0.15, -0.1) is 0 Å². The largest absolute Gasteiger partial charge is 0.361 e. The van der Waals surface area contributed by atoms with Gasteiger partial charge in [0.2, 0.25) is 0 Å². The summed E-state index contributed by atoms with van der Waals surface area (Å²) in [6, 6.07) is 8.02. The van der Waals surface area contributed by atoms with E-state index < -0.39 is 0 Å². The number of piperidine rings is 1. The molecule has 1 saturated heterocycles. The van der Waals surface area contributed by atoms with Crippen molar-refractivity contribution in [1.29, 1.82) is 0 Å². The molecule has 1 atom stereocenters. The van der Waals surface area contributed by atoms with E-state index in [1.165, 1.54) is 0 Å². The number of carbonyl (C=O) groups excluding carboxylic acids is 1. The molecule has 4 rings (SSSR count). The maximum atomic E-state index is 13.6. The molecule has 3 aromatic rings. The van der Waals surface area contributed by atoms with Gasteiger partial charge in [0.25, 0.3) is 5.91 Å². The number of hydrogen-bond donors (Lipinski definition) is 0. The highest BCUT2D eigenvalue weighted by atomic mass is 16.5. The van der Waals surface area contributed by atoms with E-state index in [4.69, 9.17) is 4.52 Å². The fourth-order valence-electron chi connectivity index (χ4n) is 4.17. The zero-order valence-corrected chi connectivity index (χ0v) is 16.4. The van der Waals surface area contributed by atoms with Crippen LogP contribution in [0.3, 0.4) is 0 Å². The summed E-state index contributed by atoms with van der Waals surface area (Å²) in [6.07, 6.45) is 3.02. The van der Waals surface area contributed by atoms with Crippen LogP contribution in [0.25, 0.3) is 10.9 Å². The van der Waals surface area contributed by atoms with Gasteiger partial charge in [-0.1, -0.05) is 16.8 Å². The lowest BCUT2D eigenvalue weighted by Crippen LogP contribution is -2.38. The van der Waals surface area contributed by atoms with E-state index in [2.05, 4.69) is 36.1 Å². The fraction of sp³-hybridized carbons (Fsp3) is 0.409. The van der Waals surface area contributed by atoms with Gasteiger partial charge in [0.1, 0.15) is 11.5 Å². The zero-order chi connectivity index (χ0) is 19.1. The van der Waals surface area contributed by atoms with Crippen LogP contribution in [0.2, 0.25) is 0 Å². The molecule has 0 N–H and O–H groups in total. The second-order valence-corrected chi connectivity index (χ2v) is 7.66. The Labute approximate surface area is 159 Å².